The van der Waals surface area contributed by atoms with Crippen molar-refractivity contribution >= 4 is 5.97 Å². The molecule has 0 heterocycles. The first-order valence-electron chi connectivity index (χ1n) is 14.0. The van der Waals surface area contributed by atoms with E-state index in [-0.39, 0.29) is 30.3 Å². The molecule has 0 amide bonds. The predicted molar refractivity (Wildman–Crippen MR) is 152 cm³/mol. The van der Waals surface area contributed by atoms with Gasteiger partial charge in [-0.25, -0.2) is 0 Å². The van der Waals surface area contributed by atoms with Crippen LogP contribution in [-0.2, 0) is 10.2 Å². The SMILES string of the molecule is CCC(CC)(c1ccc(C#CC(O)C2(C)CCCC2)c(C)c1)c1ccc(OCC(O)CCC(=O)O)c(C)c1. The van der Waals surface area contributed by atoms with Gasteiger partial charge in [-0.05, 0) is 80.3 Å². The van der Waals surface area contributed by atoms with Crippen molar-refractivity contribution in [2.45, 2.75) is 104 Å². The van der Waals surface area contributed by atoms with Gasteiger partial charge in [-0.15, -0.1) is 0 Å². The lowest BCUT2D eigenvalue weighted by molar-refractivity contribution is -0.137. The van der Waals surface area contributed by atoms with Crippen LogP contribution in [0.25, 0.3) is 0 Å². The van der Waals surface area contributed by atoms with Gasteiger partial charge in [-0.1, -0.05) is 69.7 Å². The van der Waals surface area contributed by atoms with Crippen molar-refractivity contribution in [1.82, 2.24) is 0 Å². The second kappa shape index (κ2) is 12.8. The van der Waals surface area contributed by atoms with Crippen LogP contribution in [0.1, 0.15) is 100.0 Å². The van der Waals surface area contributed by atoms with Gasteiger partial charge in [0.2, 0.25) is 0 Å². The van der Waals surface area contributed by atoms with Gasteiger partial charge in [0.05, 0.1) is 6.10 Å². The fraction of sp³-hybridized carbons (Fsp3) is 0.545. The van der Waals surface area contributed by atoms with Gasteiger partial charge in [-0.3, -0.25) is 4.79 Å². The normalized spacial score (nSPS) is 16.4. The van der Waals surface area contributed by atoms with Crippen molar-refractivity contribution < 1.29 is 24.9 Å². The summed E-state index contributed by atoms with van der Waals surface area (Å²) < 4.78 is 5.82. The van der Waals surface area contributed by atoms with E-state index in [1.807, 2.05) is 13.0 Å². The van der Waals surface area contributed by atoms with Crippen molar-refractivity contribution in [2.24, 2.45) is 5.41 Å². The summed E-state index contributed by atoms with van der Waals surface area (Å²) in [4.78, 5) is 10.7. The summed E-state index contributed by atoms with van der Waals surface area (Å²) in [6, 6.07) is 12.7. The zero-order valence-electron chi connectivity index (χ0n) is 23.6. The number of carbonyl (C=O) groups is 1. The average molecular weight is 521 g/mol. The standard InChI is InChI=1S/C33H44O5/c1-6-33(7-2,27-13-15-29(24(4)21-27)38-22-28(34)14-17-31(36)37)26-12-10-25(23(3)20-26)11-16-30(35)32(5)18-8-9-19-32/h10,12-13,15,20-21,28,30,34-35H,6-9,14,17-19,22H2,1-5H3,(H,36,37). The van der Waals surface area contributed by atoms with Gasteiger partial charge >= 0.3 is 5.97 Å². The van der Waals surface area contributed by atoms with E-state index in [9.17, 15) is 15.0 Å². The van der Waals surface area contributed by atoms with Gasteiger partial charge in [0.25, 0.3) is 0 Å². The Morgan fingerprint density at radius 2 is 1.63 bits per heavy atom. The lowest BCUT2D eigenvalue weighted by Crippen LogP contribution is -2.28. The van der Waals surface area contributed by atoms with Crippen molar-refractivity contribution in [3.63, 3.8) is 0 Å². The summed E-state index contributed by atoms with van der Waals surface area (Å²) in [5.74, 6) is 6.16. The number of hydrogen-bond acceptors (Lipinski definition) is 4. The number of rotatable bonds is 11. The first kappa shape index (κ1) is 29.7. The van der Waals surface area contributed by atoms with Gasteiger partial charge in [0.1, 0.15) is 18.5 Å². The van der Waals surface area contributed by atoms with E-state index in [2.05, 4.69) is 69.9 Å². The Labute approximate surface area is 228 Å². The molecule has 5 heteroatoms. The van der Waals surface area contributed by atoms with Gasteiger partial charge < -0.3 is 20.1 Å². The van der Waals surface area contributed by atoms with Crippen molar-refractivity contribution in [2.75, 3.05) is 6.61 Å². The minimum atomic E-state index is -0.925. The quantitative estimate of drug-likeness (QED) is 0.302. The van der Waals surface area contributed by atoms with Crippen LogP contribution in [0.3, 0.4) is 0 Å². The van der Waals surface area contributed by atoms with Crippen LogP contribution in [0.15, 0.2) is 36.4 Å². The molecular formula is C33H44O5. The number of carboxylic acids is 1. The van der Waals surface area contributed by atoms with Crippen LogP contribution in [0.5, 0.6) is 5.75 Å². The molecule has 1 fully saturated rings. The molecule has 1 aliphatic carbocycles. The third-order valence-corrected chi connectivity index (χ3v) is 8.59. The number of ether oxygens (including phenoxy) is 1. The maximum absolute atomic E-state index is 10.7. The Balaban J connectivity index is 1.81. The molecule has 2 unspecified atom stereocenters. The summed E-state index contributed by atoms with van der Waals surface area (Å²) in [7, 11) is 0. The molecule has 3 rings (SSSR count). The molecule has 38 heavy (non-hydrogen) atoms. The molecule has 0 saturated heterocycles. The van der Waals surface area contributed by atoms with Crippen LogP contribution < -0.4 is 4.74 Å². The lowest BCUT2D eigenvalue weighted by Gasteiger charge is -2.34. The Bertz CT molecular complexity index is 1160. The molecule has 0 radical (unpaired) electrons. The molecule has 206 valence electrons. The van der Waals surface area contributed by atoms with E-state index >= 15 is 0 Å². The number of aliphatic carboxylic acids is 1. The van der Waals surface area contributed by atoms with Gasteiger partial charge in [0.15, 0.2) is 0 Å². The maximum Gasteiger partial charge on any atom is 0.303 e. The Kier molecular flexibility index (Phi) is 10.0. The van der Waals surface area contributed by atoms with E-state index in [1.165, 1.54) is 24.0 Å². The van der Waals surface area contributed by atoms with Crippen LogP contribution in [0.4, 0.5) is 0 Å². The van der Waals surface area contributed by atoms with Crippen LogP contribution in [0, 0.1) is 31.1 Å². The van der Waals surface area contributed by atoms with Crippen LogP contribution >= 0.6 is 0 Å². The fourth-order valence-corrected chi connectivity index (χ4v) is 5.78. The van der Waals surface area contributed by atoms with Gasteiger partial charge in [-0.2, -0.15) is 0 Å². The van der Waals surface area contributed by atoms with E-state index in [0.717, 1.165) is 42.4 Å². The first-order valence-corrected chi connectivity index (χ1v) is 14.0. The zero-order chi connectivity index (χ0) is 27.9. The topological polar surface area (TPSA) is 87.0 Å². The van der Waals surface area contributed by atoms with E-state index in [4.69, 9.17) is 9.84 Å². The zero-order valence-corrected chi connectivity index (χ0v) is 23.6. The van der Waals surface area contributed by atoms with Crippen molar-refractivity contribution in [1.29, 1.82) is 0 Å². The second-order valence-corrected chi connectivity index (χ2v) is 11.2. The van der Waals surface area contributed by atoms with E-state index in [0.29, 0.717) is 5.75 Å². The molecule has 2 atom stereocenters. The molecule has 2 aromatic rings. The number of aryl methyl sites for hydroxylation is 2. The highest BCUT2D eigenvalue weighted by atomic mass is 16.5. The minimum Gasteiger partial charge on any atom is -0.491 e. The Hall–Kier alpha value is -2.81. The molecule has 0 spiro atoms. The van der Waals surface area contributed by atoms with Gasteiger partial charge in [0, 0.05) is 22.8 Å². The summed E-state index contributed by atoms with van der Waals surface area (Å²) in [6.07, 6.45) is 4.92. The third-order valence-electron chi connectivity index (χ3n) is 8.59. The Morgan fingerprint density at radius 1 is 1.03 bits per heavy atom. The van der Waals surface area contributed by atoms with E-state index < -0.39 is 18.2 Å². The highest BCUT2D eigenvalue weighted by molar-refractivity contribution is 5.66. The number of hydrogen-bond donors (Lipinski definition) is 3. The van der Waals surface area contributed by atoms with E-state index in [1.54, 1.807) is 0 Å². The summed E-state index contributed by atoms with van der Waals surface area (Å²) >= 11 is 0. The summed E-state index contributed by atoms with van der Waals surface area (Å²) in [6.45, 7) is 10.7. The average Bonchev–Trinajstić information content (AvgIpc) is 3.35. The molecule has 2 aromatic carbocycles. The number of benzene rings is 2. The molecule has 1 aliphatic rings. The summed E-state index contributed by atoms with van der Waals surface area (Å²) in [5.41, 5.74) is 5.23. The molecule has 3 N–H and O–H groups in total. The van der Waals surface area contributed by atoms with Crippen molar-refractivity contribution in [3.8, 4) is 17.6 Å². The highest BCUT2D eigenvalue weighted by Crippen LogP contribution is 2.42. The molecule has 0 aliphatic heterocycles. The summed E-state index contributed by atoms with van der Waals surface area (Å²) in [5, 5.41) is 29.5. The number of carboxylic acid groups (broad SMARTS) is 1. The fourth-order valence-electron chi connectivity index (χ4n) is 5.78. The first-order chi connectivity index (χ1) is 18.0. The molecular weight excluding hydrogens is 476 g/mol. The maximum atomic E-state index is 10.7. The monoisotopic (exact) mass is 520 g/mol. The smallest absolute Gasteiger partial charge is 0.303 e. The van der Waals surface area contributed by atoms with Crippen LogP contribution in [-0.4, -0.2) is 40.1 Å². The second-order valence-electron chi connectivity index (χ2n) is 11.2. The predicted octanol–water partition coefficient (Wildman–Crippen LogP) is 6.31. The number of aliphatic hydroxyl groups is 2. The number of aliphatic hydroxyl groups excluding tert-OH is 2. The molecule has 0 aromatic heterocycles. The van der Waals surface area contributed by atoms with Crippen LogP contribution in [0.2, 0.25) is 0 Å². The largest absolute Gasteiger partial charge is 0.491 e. The highest BCUT2D eigenvalue weighted by Gasteiger charge is 2.35. The molecule has 1 saturated carbocycles. The lowest BCUT2D eigenvalue weighted by atomic mass is 9.70. The third kappa shape index (κ3) is 6.79. The minimum absolute atomic E-state index is 0.0652. The Morgan fingerprint density at radius 3 is 2.18 bits per heavy atom. The molecule has 0 bridgehead atoms. The molecule has 5 nitrogen and oxygen atoms in total. The van der Waals surface area contributed by atoms with Crippen molar-refractivity contribution in [3.05, 3.63) is 64.2 Å².